The summed E-state index contributed by atoms with van der Waals surface area (Å²) in [5.41, 5.74) is 5.78. The van der Waals surface area contributed by atoms with Crippen molar-refractivity contribution in [3.8, 4) is 0 Å². The van der Waals surface area contributed by atoms with Crippen LogP contribution >= 0.6 is 22.9 Å². The van der Waals surface area contributed by atoms with Gasteiger partial charge in [-0.2, -0.15) is 0 Å². The van der Waals surface area contributed by atoms with Gasteiger partial charge in [-0.3, -0.25) is 4.99 Å². The molecule has 0 spiro atoms. The highest BCUT2D eigenvalue weighted by molar-refractivity contribution is 7.16. The third-order valence-electron chi connectivity index (χ3n) is 2.28. The van der Waals surface area contributed by atoms with E-state index in [1.54, 1.807) is 11.3 Å². The third-order valence-corrected chi connectivity index (χ3v) is 3.57. The molecule has 1 aromatic heterocycles. The minimum atomic E-state index is 0.585. The summed E-state index contributed by atoms with van der Waals surface area (Å²) in [4.78, 5) is 5.63. The summed E-state index contributed by atoms with van der Waals surface area (Å²) >= 11 is 7.44. The molecule has 1 heterocycles. The number of thiophene rings is 1. The predicted octanol–water partition coefficient (Wildman–Crippen LogP) is 2.71. The molecule has 0 saturated heterocycles. The Hall–Kier alpha value is -0.540. The molecule has 14 heavy (non-hydrogen) atoms. The molecule has 0 amide bonds. The fraction of sp³-hybridized carbons (Fsp3) is 0.500. The zero-order chi connectivity index (χ0) is 9.97. The molecule has 0 bridgehead atoms. The summed E-state index contributed by atoms with van der Waals surface area (Å²) in [5.74, 6) is 1.43. The first-order valence-electron chi connectivity index (χ1n) is 4.80. The minimum absolute atomic E-state index is 0.585. The van der Waals surface area contributed by atoms with Crippen LogP contribution in [0.15, 0.2) is 17.1 Å². The van der Waals surface area contributed by atoms with E-state index >= 15 is 0 Å². The Labute approximate surface area is 92.8 Å². The Balaban J connectivity index is 1.79. The molecular weight excluding hydrogens is 216 g/mol. The molecule has 0 aromatic carbocycles. The lowest BCUT2D eigenvalue weighted by Gasteiger charge is -1.96. The predicted molar refractivity (Wildman–Crippen MR) is 62.2 cm³/mol. The summed E-state index contributed by atoms with van der Waals surface area (Å²) in [6.07, 6.45) is 3.39. The molecule has 0 atom stereocenters. The molecule has 0 unspecified atom stereocenters. The molecular formula is C10H13ClN2S. The zero-order valence-electron chi connectivity index (χ0n) is 7.87. The molecule has 0 radical (unpaired) electrons. The van der Waals surface area contributed by atoms with Crippen LogP contribution in [0.4, 0.5) is 0 Å². The molecule has 2 rings (SSSR count). The summed E-state index contributed by atoms with van der Waals surface area (Å²) < 4.78 is 0.846. The summed E-state index contributed by atoms with van der Waals surface area (Å²) in [7, 11) is 0. The van der Waals surface area contributed by atoms with Crippen LogP contribution in [-0.4, -0.2) is 12.4 Å². The van der Waals surface area contributed by atoms with E-state index in [2.05, 4.69) is 11.1 Å². The number of rotatable bonds is 4. The lowest BCUT2D eigenvalue weighted by atomic mass is 10.3. The van der Waals surface area contributed by atoms with Gasteiger partial charge >= 0.3 is 0 Å². The second-order valence-corrected chi connectivity index (χ2v) is 5.34. The van der Waals surface area contributed by atoms with Crippen molar-refractivity contribution < 1.29 is 0 Å². The molecule has 2 nitrogen and oxygen atoms in total. The normalized spacial score (nSPS) is 17.4. The second kappa shape index (κ2) is 4.32. The van der Waals surface area contributed by atoms with Crippen LogP contribution in [0.5, 0.6) is 0 Å². The molecule has 4 heteroatoms. The van der Waals surface area contributed by atoms with E-state index in [9.17, 15) is 0 Å². The third kappa shape index (κ3) is 2.72. The first kappa shape index (κ1) is 9.99. The van der Waals surface area contributed by atoms with Crippen molar-refractivity contribution in [2.75, 3.05) is 6.54 Å². The highest BCUT2D eigenvalue weighted by Gasteiger charge is 2.24. The molecule has 1 fully saturated rings. The van der Waals surface area contributed by atoms with Crippen LogP contribution < -0.4 is 5.73 Å². The summed E-state index contributed by atoms with van der Waals surface area (Å²) in [6, 6.07) is 3.98. The monoisotopic (exact) mass is 228 g/mol. The van der Waals surface area contributed by atoms with Crippen LogP contribution in [0.1, 0.15) is 17.7 Å². The first-order valence-corrected chi connectivity index (χ1v) is 5.99. The van der Waals surface area contributed by atoms with Crippen molar-refractivity contribution >= 4 is 28.8 Å². The van der Waals surface area contributed by atoms with E-state index < -0.39 is 0 Å². The van der Waals surface area contributed by atoms with Gasteiger partial charge in [-0.15, -0.1) is 11.3 Å². The maximum absolute atomic E-state index is 5.82. The molecule has 1 aliphatic rings. The minimum Gasteiger partial charge on any atom is -0.387 e. The first-order chi connectivity index (χ1) is 6.75. The van der Waals surface area contributed by atoms with E-state index in [0.29, 0.717) is 5.92 Å². The van der Waals surface area contributed by atoms with E-state index in [0.717, 1.165) is 23.1 Å². The maximum atomic E-state index is 5.82. The van der Waals surface area contributed by atoms with Gasteiger partial charge in [0.25, 0.3) is 0 Å². The molecule has 76 valence electrons. The van der Waals surface area contributed by atoms with Gasteiger partial charge in [-0.05, 0) is 25.0 Å². The van der Waals surface area contributed by atoms with Gasteiger partial charge in [0.05, 0.1) is 10.2 Å². The Kier molecular flexibility index (Phi) is 3.08. The lowest BCUT2D eigenvalue weighted by molar-refractivity contribution is 0.963. The zero-order valence-corrected chi connectivity index (χ0v) is 9.44. The van der Waals surface area contributed by atoms with Gasteiger partial charge in [0.2, 0.25) is 0 Å². The van der Waals surface area contributed by atoms with Crippen LogP contribution in [0.25, 0.3) is 0 Å². The Morgan fingerprint density at radius 1 is 1.57 bits per heavy atom. The number of hydrogen-bond acceptors (Lipinski definition) is 2. The molecule has 2 N–H and O–H groups in total. The number of hydrogen-bond donors (Lipinski definition) is 1. The average Bonchev–Trinajstić information content (AvgIpc) is 2.92. The Morgan fingerprint density at radius 2 is 2.36 bits per heavy atom. The van der Waals surface area contributed by atoms with Crippen molar-refractivity contribution in [1.29, 1.82) is 0 Å². The molecule has 1 saturated carbocycles. The van der Waals surface area contributed by atoms with Crippen LogP contribution in [0, 0.1) is 5.92 Å². The molecule has 1 aliphatic carbocycles. The Bertz CT molecular complexity index is 342. The van der Waals surface area contributed by atoms with Crippen molar-refractivity contribution in [3.05, 3.63) is 21.3 Å². The molecule has 0 aliphatic heterocycles. The summed E-state index contributed by atoms with van der Waals surface area (Å²) in [6.45, 7) is 0.791. The van der Waals surface area contributed by atoms with Crippen molar-refractivity contribution in [2.45, 2.75) is 19.3 Å². The number of aliphatic imine (C=N–C) groups is 1. The van der Waals surface area contributed by atoms with Crippen LogP contribution in [-0.2, 0) is 6.42 Å². The quantitative estimate of drug-likeness (QED) is 0.625. The SMILES string of the molecule is NC(=NCCc1ccc(Cl)s1)C1CC1. The van der Waals surface area contributed by atoms with Gasteiger partial charge in [0.15, 0.2) is 0 Å². The second-order valence-electron chi connectivity index (χ2n) is 3.54. The van der Waals surface area contributed by atoms with Crippen molar-refractivity contribution in [3.63, 3.8) is 0 Å². The largest absolute Gasteiger partial charge is 0.387 e. The van der Waals surface area contributed by atoms with E-state index in [4.69, 9.17) is 17.3 Å². The highest BCUT2D eigenvalue weighted by Crippen LogP contribution is 2.28. The van der Waals surface area contributed by atoms with E-state index in [1.165, 1.54) is 17.7 Å². The summed E-state index contributed by atoms with van der Waals surface area (Å²) in [5, 5.41) is 0. The average molecular weight is 229 g/mol. The topological polar surface area (TPSA) is 38.4 Å². The number of nitrogens with zero attached hydrogens (tertiary/aromatic N) is 1. The van der Waals surface area contributed by atoms with Gasteiger partial charge in [0, 0.05) is 23.8 Å². The van der Waals surface area contributed by atoms with Gasteiger partial charge < -0.3 is 5.73 Å². The number of amidine groups is 1. The number of nitrogens with two attached hydrogens (primary N) is 1. The Morgan fingerprint density at radius 3 is 2.93 bits per heavy atom. The standard InChI is InChI=1S/C10H13ClN2S/c11-9-4-3-8(14-9)5-6-13-10(12)7-1-2-7/h3-4,7H,1-2,5-6H2,(H2,12,13). The highest BCUT2D eigenvalue weighted by atomic mass is 35.5. The number of halogens is 1. The smallest absolute Gasteiger partial charge is 0.0968 e. The fourth-order valence-corrected chi connectivity index (χ4v) is 2.37. The maximum Gasteiger partial charge on any atom is 0.0968 e. The van der Waals surface area contributed by atoms with E-state index in [-0.39, 0.29) is 0 Å². The fourth-order valence-electron chi connectivity index (χ4n) is 1.29. The van der Waals surface area contributed by atoms with Crippen LogP contribution in [0.2, 0.25) is 4.34 Å². The van der Waals surface area contributed by atoms with Gasteiger partial charge in [0.1, 0.15) is 0 Å². The van der Waals surface area contributed by atoms with Gasteiger partial charge in [-0.25, -0.2) is 0 Å². The van der Waals surface area contributed by atoms with Gasteiger partial charge in [-0.1, -0.05) is 11.6 Å². The van der Waals surface area contributed by atoms with Crippen molar-refractivity contribution in [2.24, 2.45) is 16.6 Å². The molecule has 1 aromatic rings. The van der Waals surface area contributed by atoms with Crippen LogP contribution in [0.3, 0.4) is 0 Å². The van der Waals surface area contributed by atoms with Crippen molar-refractivity contribution in [1.82, 2.24) is 0 Å². The lowest BCUT2D eigenvalue weighted by Crippen LogP contribution is -2.14. The van der Waals surface area contributed by atoms with E-state index in [1.807, 2.05) is 6.07 Å².